The lowest BCUT2D eigenvalue weighted by atomic mass is 9.85. The minimum Gasteiger partial charge on any atom is -0.478 e. The van der Waals surface area contributed by atoms with Crippen molar-refractivity contribution in [1.82, 2.24) is 15.7 Å². The molecule has 33 heavy (non-hydrogen) atoms. The molecule has 0 bridgehead atoms. The molecule has 8 heteroatoms. The Morgan fingerprint density at radius 3 is 2.70 bits per heavy atom. The van der Waals surface area contributed by atoms with Crippen molar-refractivity contribution in [2.24, 2.45) is 0 Å². The fourth-order valence-electron chi connectivity index (χ4n) is 3.74. The molecule has 0 saturated carbocycles. The molecule has 1 aliphatic rings. The lowest BCUT2D eigenvalue weighted by Crippen LogP contribution is -2.41. The predicted molar refractivity (Wildman–Crippen MR) is 140 cm³/mol. The number of carboxylic acids is 1. The quantitative estimate of drug-likeness (QED) is 0.226. The molecule has 176 valence electrons. The van der Waals surface area contributed by atoms with Crippen molar-refractivity contribution in [2.45, 2.75) is 52.5 Å². The first kappa shape index (κ1) is 26.4. The van der Waals surface area contributed by atoms with Crippen LogP contribution in [0.1, 0.15) is 67.6 Å². The third-order valence-corrected chi connectivity index (χ3v) is 5.87. The molecule has 0 radical (unpaired) electrons. The van der Waals surface area contributed by atoms with Crippen LogP contribution in [-0.4, -0.2) is 21.2 Å². The Balaban J connectivity index is 0.00000122. The second-order valence-corrected chi connectivity index (χ2v) is 8.43. The van der Waals surface area contributed by atoms with E-state index in [1.165, 1.54) is 34.5 Å². The molecule has 3 rings (SSSR count). The van der Waals surface area contributed by atoms with E-state index in [4.69, 9.17) is 28.9 Å². The first-order valence-corrected chi connectivity index (χ1v) is 11.7. The Kier molecular flexibility index (Phi) is 10.4. The van der Waals surface area contributed by atoms with E-state index in [1.54, 1.807) is 6.08 Å². The van der Waals surface area contributed by atoms with Gasteiger partial charge in [-0.3, -0.25) is 10.9 Å². The summed E-state index contributed by atoms with van der Waals surface area (Å²) in [6.07, 6.45) is 7.27. The molecule has 1 atom stereocenters. The van der Waals surface area contributed by atoms with Gasteiger partial charge in [-0.1, -0.05) is 54.4 Å². The molecule has 0 aliphatic heterocycles. The largest absolute Gasteiger partial charge is 0.478 e. The highest BCUT2D eigenvalue weighted by Gasteiger charge is 2.22. The van der Waals surface area contributed by atoms with E-state index in [-0.39, 0.29) is 16.6 Å². The molecule has 6 nitrogen and oxygen atoms in total. The van der Waals surface area contributed by atoms with E-state index in [2.05, 4.69) is 65.8 Å². The lowest BCUT2D eigenvalue weighted by molar-refractivity contribution is 0.0696. The van der Waals surface area contributed by atoms with Crippen LogP contribution in [0.3, 0.4) is 0 Å². The van der Waals surface area contributed by atoms with Crippen molar-refractivity contribution in [1.29, 1.82) is 0 Å². The van der Waals surface area contributed by atoms with Crippen LogP contribution in [0.5, 0.6) is 0 Å². The molecule has 1 unspecified atom stereocenters. The standard InChI is InChI=1S/C22H25ClN4O2S.C3H6/c1-3-14-8-6-9-15-7-4-5-10-17(15)19(13(14)2)25-22(30)27-26-20-18(23)11-16(12-24-20)21(28)29;1-3-2/h4-5,7,10-12,19H,3,6,8-9H2,1-2H3,(H,24,26)(H,28,29)(H2,25,27,30);3H,1H2,2H3/b14-13-;. The number of hydrogen-bond donors (Lipinski definition) is 4. The van der Waals surface area contributed by atoms with Gasteiger partial charge >= 0.3 is 5.97 Å². The minimum absolute atomic E-state index is 0.0187. The number of nitrogens with one attached hydrogen (secondary N) is 3. The van der Waals surface area contributed by atoms with E-state index in [0.29, 0.717) is 10.9 Å². The topological polar surface area (TPSA) is 86.3 Å². The van der Waals surface area contributed by atoms with Gasteiger partial charge in [-0.15, -0.1) is 6.58 Å². The number of aromatic nitrogens is 1. The first-order valence-electron chi connectivity index (χ1n) is 10.9. The number of hydrazine groups is 1. The normalized spacial score (nSPS) is 17.3. The Hall–Kier alpha value is -2.90. The molecule has 0 spiro atoms. The Bertz CT molecular complexity index is 1040. The monoisotopic (exact) mass is 486 g/mol. The summed E-state index contributed by atoms with van der Waals surface area (Å²) in [7, 11) is 0. The maximum absolute atomic E-state index is 11.0. The number of benzene rings is 1. The van der Waals surface area contributed by atoms with Gasteiger partial charge in [-0.05, 0) is 74.5 Å². The first-order chi connectivity index (χ1) is 15.8. The van der Waals surface area contributed by atoms with Crippen LogP contribution in [0.2, 0.25) is 5.02 Å². The predicted octanol–water partition coefficient (Wildman–Crippen LogP) is 6.22. The van der Waals surface area contributed by atoms with E-state index in [1.807, 2.05) is 6.92 Å². The molecular weight excluding hydrogens is 456 g/mol. The van der Waals surface area contributed by atoms with Crippen molar-refractivity contribution in [3.05, 3.63) is 82.0 Å². The second kappa shape index (κ2) is 13.0. The van der Waals surface area contributed by atoms with Gasteiger partial charge in [0.1, 0.15) is 0 Å². The Labute approximate surface area is 206 Å². The fraction of sp³-hybridized carbons (Fsp3) is 0.320. The highest BCUT2D eigenvalue weighted by atomic mass is 35.5. The average molecular weight is 487 g/mol. The summed E-state index contributed by atoms with van der Waals surface area (Å²) in [5, 5.41) is 13.0. The number of aromatic carboxylic acids is 1. The van der Waals surface area contributed by atoms with Crippen LogP contribution in [0.4, 0.5) is 5.82 Å². The van der Waals surface area contributed by atoms with E-state index < -0.39 is 5.97 Å². The number of nitrogens with zero attached hydrogens (tertiary/aromatic N) is 1. The number of thiocarbonyl (C=S) groups is 1. The summed E-state index contributed by atoms with van der Waals surface area (Å²) in [5.74, 6) is -0.788. The fourth-order valence-corrected chi connectivity index (χ4v) is 4.12. The smallest absolute Gasteiger partial charge is 0.337 e. The zero-order valence-electron chi connectivity index (χ0n) is 19.2. The van der Waals surface area contributed by atoms with Crippen molar-refractivity contribution in [2.75, 3.05) is 5.43 Å². The summed E-state index contributed by atoms with van der Waals surface area (Å²) in [4.78, 5) is 15.1. The number of fused-ring (bicyclic) bond motifs is 1. The van der Waals surface area contributed by atoms with Crippen molar-refractivity contribution in [3.8, 4) is 0 Å². The molecule has 0 fully saturated rings. The van der Waals surface area contributed by atoms with Crippen LogP contribution < -0.4 is 16.2 Å². The third kappa shape index (κ3) is 7.30. The SMILES string of the molecule is C=CC.CC/C1=C(\C)C(NC(=S)NNc2ncc(C(=O)O)cc2Cl)c2ccccc2CCC1. The zero-order valence-corrected chi connectivity index (χ0v) is 20.8. The van der Waals surface area contributed by atoms with Gasteiger partial charge in [-0.25, -0.2) is 9.78 Å². The van der Waals surface area contributed by atoms with Crippen molar-refractivity contribution >= 4 is 40.7 Å². The molecule has 0 amide bonds. The summed E-state index contributed by atoms with van der Waals surface area (Å²) < 4.78 is 0. The Morgan fingerprint density at radius 2 is 2.06 bits per heavy atom. The second-order valence-electron chi connectivity index (χ2n) is 7.62. The minimum atomic E-state index is -1.09. The number of allylic oxidation sites excluding steroid dienone is 2. The van der Waals surface area contributed by atoms with Crippen LogP contribution in [0.25, 0.3) is 0 Å². The highest BCUT2D eigenvalue weighted by molar-refractivity contribution is 7.80. The number of carboxylic acid groups (broad SMARTS) is 1. The number of aryl methyl sites for hydroxylation is 1. The summed E-state index contributed by atoms with van der Waals surface area (Å²) in [5.41, 5.74) is 11.1. The van der Waals surface area contributed by atoms with Gasteiger partial charge in [-0.2, -0.15) is 0 Å². The van der Waals surface area contributed by atoms with Gasteiger partial charge in [0.25, 0.3) is 0 Å². The maximum Gasteiger partial charge on any atom is 0.337 e. The number of hydrogen-bond acceptors (Lipinski definition) is 4. The molecule has 1 heterocycles. The average Bonchev–Trinajstić information content (AvgIpc) is 2.79. The number of carbonyl (C=O) groups is 1. The summed E-state index contributed by atoms with van der Waals surface area (Å²) in [6.45, 7) is 9.60. The van der Waals surface area contributed by atoms with Gasteiger partial charge in [0.15, 0.2) is 10.9 Å². The van der Waals surface area contributed by atoms with E-state index in [9.17, 15) is 4.79 Å². The van der Waals surface area contributed by atoms with Crippen LogP contribution in [-0.2, 0) is 6.42 Å². The lowest BCUT2D eigenvalue weighted by Gasteiger charge is -2.28. The van der Waals surface area contributed by atoms with Gasteiger partial charge < -0.3 is 10.4 Å². The molecule has 1 aromatic heterocycles. The van der Waals surface area contributed by atoms with E-state index >= 15 is 0 Å². The van der Waals surface area contributed by atoms with Gasteiger partial charge in [0.2, 0.25) is 0 Å². The molecule has 2 aromatic rings. The summed E-state index contributed by atoms with van der Waals surface area (Å²) >= 11 is 11.6. The maximum atomic E-state index is 11.0. The summed E-state index contributed by atoms with van der Waals surface area (Å²) in [6, 6.07) is 9.75. The van der Waals surface area contributed by atoms with Gasteiger partial charge in [0.05, 0.1) is 16.6 Å². The van der Waals surface area contributed by atoms with Crippen molar-refractivity contribution in [3.63, 3.8) is 0 Å². The molecular formula is C25H31ClN4O2S. The molecule has 1 aliphatic carbocycles. The van der Waals surface area contributed by atoms with Gasteiger partial charge in [0, 0.05) is 6.20 Å². The molecule has 1 aromatic carbocycles. The van der Waals surface area contributed by atoms with Crippen LogP contribution >= 0.6 is 23.8 Å². The molecule has 0 saturated heterocycles. The number of rotatable bonds is 5. The van der Waals surface area contributed by atoms with E-state index in [0.717, 1.165) is 25.7 Å². The van der Waals surface area contributed by atoms with Crippen LogP contribution in [0, 0.1) is 0 Å². The zero-order chi connectivity index (χ0) is 24.4. The van der Waals surface area contributed by atoms with Crippen LogP contribution in [0.15, 0.2) is 60.3 Å². The number of anilines is 1. The number of halogens is 1. The Morgan fingerprint density at radius 1 is 1.36 bits per heavy atom. The number of pyridine rings is 1. The molecule has 4 N–H and O–H groups in total. The highest BCUT2D eigenvalue weighted by Crippen LogP contribution is 2.33. The van der Waals surface area contributed by atoms with Crippen molar-refractivity contribution < 1.29 is 9.90 Å². The third-order valence-electron chi connectivity index (χ3n) is 5.37.